The van der Waals surface area contributed by atoms with E-state index in [-0.39, 0.29) is 30.8 Å². The molecule has 0 aromatic rings. The molecule has 1 aliphatic carbocycles. The van der Waals surface area contributed by atoms with Gasteiger partial charge in [-0.2, -0.15) is 0 Å². The molecule has 154 valence electrons. The molecule has 1 spiro atoms. The Kier molecular flexibility index (Phi) is 7.91. The Labute approximate surface area is 167 Å². The molecular formula is C19H33ClN4O3. The summed E-state index contributed by atoms with van der Waals surface area (Å²) in [4.78, 5) is 38.4. The van der Waals surface area contributed by atoms with Gasteiger partial charge in [0.25, 0.3) is 5.91 Å². The molecule has 27 heavy (non-hydrogen) atoms. The van der Waals surface area contributed by atoms with Crippen LogP contribution in [0.4, 0.5) is 4.79 Å². The van der Waals surface area contributed by atoms with Crippen molar-refractivity contribution in [3.05, 3.63) is 0 Å². The molecule has 3 rings (SSSR count). The standard InChI is InChI=1S/C19H32N4O3.ClH/c1-2-14-5-8-19(9-6-14)17(25)23(18(26)22-19)13-16(24)21-11-7-15-4-3-10-20-12-15;/h14-15,20H,2-13H2,1H3,(H,21,24)(H,22,26);1H. The van der Waals surface area contributed by atoms with Crippen LogP contribution in [0, 0.1) is 11.8 Å². The number of hydrogen-bond acceptors (Lipinski definition) is 4. The van der Waals surface area contributed by atoms with Gasteiger partial charge in [0.1, 0.15) is 12.1 Å². The van der Waals surface area contributed by atoms with Crippen molar-refractivity contribution >= 4 is 30.3 Å². The summed E-state index contributed by atoms with van der Waals surface area (Å²) in [5, 5.41) is 9.11. The summed E-state index contributed by atoms with van der Waals surface area (Å²) in [6.07, 6.45) is 7.70. The van der Waals surface area contributed by atoms with Crippen LogP contribution in [0.5, 0.6) is 0 Å². The summed E-state index contributed by atoms with van der Waals surface area (Å²) in [7, 11) is 0. The van der Waals surface area contributed by atoms with Crippen LogP contribution in [0.2, 0.25) is 0 Å². The van der Waals surface area contributed by atoms with Crippen molar-refractivity contribution < 1.29 is 14.4 Å². The number of urea groups is 1. The maximum atomic E-state index is 12.8. The zero-order chi connectivity index (χ0) is 18.6. The van der Waals surface area contributed by atoms with Crippen molar-refractivity contribution in [1.82, 2.24) is 20.9 Å². The Morgan fingerprint density at radius 3 is 2.59 bits per heavy atom. The lowest BCUT2D eigenvalue weighted by atomic mass is 9.75. The molecule has 1 atom stereocenters. The van der Waals surface area contributed by atoms with Gasteiger partial charge in [0, 0.05) is 6.54 Å². The lowest BCUT2D eigenvalue weighted by Gasteiger charge is -2.34. The molecule has 1 saturated carbocycles. The van der Waals surface area contributed by atoms with E-state index in [1.165, 1.54) is 12.8 Å². The van der Waals surface area contributed by atoms with Gasteiger partial charge >= 0.3 is 6.03 Å². The number of halogens is 1. The van der Waals surface area contributed by atoms with Crippen LogP contribution < -0.4 is 16.0 Å². The highest BCUT2D eigenvalue weighted by Crippen LogP contribution is 2.37. The maximum Gasteiger partial charge on any atom is 0.325 e. The Balaban J connectivity index is 0.00000261. The molecule has 8 heteroatoms. The molecule has 2 saturated heterocycles. The lowest BCUT2D eigenvalue weighted by Crippen LogP contribution is -2.50. The average Bonchev–Trinajstić information content (AvgIpc) is 2.87. The third-order valence-corrected chi connectivity index (χ3v) is 6.36. The number of amides is 4. The summed E-state index contributed by atoms with van der Waals surface area (Å²) in [5.74, 6) is 0.759. The number of rotatable bonds is 6. The van der Waals surface area contributed by atoms with Crippen LogP contribution in [-0.4, -0.2) is 54.5 Å². The van der Waals surface area contributed by atoms with Crippen LogP contribution in [0.1, 0.15) is 58.3 Å². The van der Waals surface area contributed by atoms with Crippen LogP contribution >= 0.6 is 12.4 Å². The number of carbonyl (C=O) groups excluding carboxylic acids is 3. The zero-order valence-corrected chi connectivity index (χ0v) is 17.0. The van der Waals surface area contributed by atoms with Crippen molar-refractivity contribution in [2.75, 3.05) is 26.2 Å². The Morgan fingerprint density at radius 2 is 1.96 bits per heavy atom. The highest BCUT2D eigenvalue weighted by molar-refractivity contribution is 6.09. The van der Waals surface area contributed by atoms with Crippen molar-refractivity contribution in [2.24, 2.45) is 11.8 Å². The second-order valence-electron chi connectivity index (χ2n) is 8.11. The summed E-state index contributed by atoms with van der Waals surface area (Å²) in [6, 6.07) is -0.420. The van der Waals surface area contributed by atoms with Gasteiger partial charge in [-0.25, -0.2) is 4.79 Å². The van der Waals surface area contributed by atoms with E-state index in [0.717, 1.165) is 43.7 Å². The molecule has 4 amide bonds. The lowest BCUT2D eigenvalue weighted by molar-refractivity contribution is -0.136. The van der Waals surface area contributed by atoms with Crippen LogP contribution in [-0.2, 0) is 9.59 Å². The van der Waals surface area contributed by atoms with Crippen molar-refractivity contribution in [3.8, 4) is 0 Å². The molecule has 0 aromatic heterocycles. The first-order valence-corrected chi connectivity index (χ1v) is 10.2. The maximum absolute atomic E-state index is 12.8. The van der Waals surface area contributed by atoms with E-state index in [0.29, 0.717) is 31.2 Å². The molecule has 2 aliphatic heterocycles. The quantitative estimate of drug-likeness (QED) is 0.593. The van der Waals surface area contributed by atoms with E-state index in [4.69, 9.17) is 0 Å². The SMILES string of the molecule is CCC1CCC2(CC1)NC(=O)N(CC(=O)NCCC1CCCNC1)C2=O.Cl. The van der Waals surface area contributed by atoms with E-state index in [1.54, 1.807) is 0 Å². The second-order valence-corrected chi connectivity index (χ2v) is 8.11. The zero-order valence-electron chi connectivity index (χ0n) is 16.2. The molecule has 3 N–H and O–H groups in total. The van der Waals surface area contributed by atoms with Gasteiger partial charge in [0.15, 0.2) is 0 Å². The number of imide groups is 1. The first kappa shape index (κ1) is 22.0. The van der Waals surface area contributed by atoms with Gasteiger partial charge in [-0.15, -0.1) is 12.4 Å². The molecular weight excluding hydrogens is 368 g/mol. The Hall–Kier alpha value is -1.34. The van der Waals surface area contributed by atoms with E-state index < -0.39 is 11.6 Å². The fourth-order valence-electron chi connectivity index (χ4n) is 4.52. The van der Waals surface area contributed by atoms with Gasteiger partial charge in [-0.1, -0.05) is 13.3 Å². The fraction of sp³-hybridized carbons (Fsp3) is 0.842. The number of hydrogen-bond donors (Lipinski definition) is 3. The number of carbonyl (C=O) groups is 3. The summed E-state index contributed by atoms with van der Waals surface area (Å²) >= 11 is 0. The van der Waals surface area contributed by atoms with E-state index >= 15 is 0 Å². The molecule has 0 bridgehead atoms. The third kappa shape index (κ3) is 5.13. The third-order valence-electron chi connectivity index (χ3n) is 6.36. The van der Waals surface area contributed by atoms with E-state index in [9.17, 15) is 14.4 Å². The number of nitrogens with zero attached hydrogens (tertiary/aromatic N) is 1. The van der Waals surface area contributed by atoms with Gasteiger partial charge < -0.3 is 16.0 Å². The van der Waals surface area contributed by atoms with Crippen LogP contribution in [0.25, 0.3) is 0 Å². The van der Waals surface area contributed by atoms with Gasteiger partial charge in [0.2, 0.25) is 5.91 Å². The fourth-order valence-corrected chi connectivity index (χ4v) is 4.52. The van der Waals surface area contributed by atoms with E-state index in [1.807, 2.05) is 0 Å². The number of piperidine rings is 1. The van der Waals surface area contributed by atoms with Crippen molar-refractivity contribution in [1.29, 1.82) is 0 Å². The minimum absolute atomic E-state index is 0. The molecule has 0 radical (unpaired) electrons. The highest BCUT2D eigenvalue weighted by atomic mass is 35.5. The average molecular weight is 401 g/mol. The molecule has 0 aromatic carbocycles. The van der Waals surface area contributed by atoms with Gasteiger partial charge in [-0.05, 0) is 69.9 Å². The Bertz CT molecular complexity index is 543. The monoisotopic (exact) mass is 400 g/mol. The molecule has 7 nitrogen and oxygen atoms in total. The van der Waals surface area contributed by atoms with Gasteiger partial charge in [-0.3, -0.25) is 14.5 Å². The normalized spacial score (nSPS) is 30.8. The van der Waals surface area contributed by atoms with E-state index in [2.05, 4.69) is 22.9 Å². The first-order valence-electron chi connectivity index (χ1n) is 10.2. The topological polar surface area (TPSA) is 90.5 Å². The first-order chi connectivity index (χ1) is 12.5. The molecule has 2 heterocycles. The van der Waals surface area contributed by atoms with Crippen molar-refractivity contribution in [3.63, 3.8) is 0 Å². The largest absolute Gasteiger partial charge is 0.355 e. The number of nitrogens with one attached hydrogen (secondary N) is 3. The summed E-state index contributed by atoms with van der Waals surface area (Å²) in [5.41, 5.74) is -0.767. The smallest absolute Gasteiger partial charge is 0.325 e. The summed E-state index contributed by atoms with van der Waals surface area (Å²) < 4.78 is 0. The van der Waals surface area contributed by atoms with Crippen LogP contribution in [0.15, 0.2) is 0 Å². The summed E-state index contributed by atoms with van der Waals surface area (Å²) in [6.45, 7) is 4.67. The minimum atomic E-state index is -0.767. The predicted molar refractivity (Wildman–Crippen MR) is 106 cm³/mol. The second kappa shape index (κ2) is 9.73. The predicted octanol–water partition coefficient (Wildman–Crippen LogP) is 1.80. The molecule has 3 fully saturated rings. The van der Waals surface area contributed by atoms with Crippen molar-refractivity contribution in [2.45, 2.75) is 63.8 Å². The van der Waals surface area contributed by atoms with Gasteiger partial charge in [0.05, 0.1) is 0 Å². The minimum Gasteiger partial charge on any atom is -0.355 e. The molecule has 3 aliphatic rings. The molecule has 1 unspecified atom stereocenters. The highest BCUT2D eigenvalue weighted by Gasteiger charge is 2.52. The Morgan fingerprint density at radius 1 is 1.22 bits per heavy atom. The van der Waals surface area contributed by atoms with Crippen LogP contribution in [0.3, 0.4) is 0 Å².